The van der Waals surface area contributed by atoms with Crippen LogP contribution >= 0.6 is 0 Å². The highest BCUT2D eigenvalue weighted by molar-refractivity contribution is 6.20. The molecule has 3 amide bonds. The second-order valence-electron chi connectivity index (χ2n) is 6.72. The number of hydrogen-bond donors (Lipinski definition) is 1. The van der Waals surface area contributed by atoms with Crippen molar-refractivity contribution in [1.82, 2.24) is 5.32 Å². The number of carbonyl (C=O) groups is 3. The van der Waals surface area contributed by atoms with Gasteiger partial charge in [-0.05, 0) is 60.2 Å². The first-order valence-corrected chi connectivity index (χ1v) is 9.76. The summed E-state index contributed by atoms with van der Waals surface area (Å²) < 4.78 is 18.2. The Labute approximate surface area is 184 Å². The van der Waals surface area contributed by atoms with Crippen LogP contribution in [0, 0.1) is 5.82 Å². The van der Waals surface area contributed by atoms with Crippen molar-refractivity contribution >= 4 is 23.4 Å². The Morgan fingerprint density at radius 3 is 2.19 bits per heavy atom. The predicted octanol–water partition coefficient (Wildman–Crippen LogP) is 4.52. The maximum absolute atomic E-state index is 13.1. The fraction of sp³-hybridized carbons (Fsp3) is 0.0800. The van der Waals surface area contributed by atoms with Crippen molar-refractivity contribution < 1.29 is 23.5 Å². The number of imide groups is 1. The number of amides is 3. The number of urea groups is 1. The van der Waals surface area contributed by atoms with Gasteiger partial charge in [-0.25, -0.2) is 14.1 Å². The Kier molecular flexibility index (Phi) is 7.48. The zero-order valence-electron chi connectivity index (χ0n) is 17.3. The fourth-order valence-electron chi connectivity index (χ4n) is 2.86. The van der Waals surface area contributed by atoms with Crippen LogP contribution in [0.2, 0.25) is 0 Å². The number of nitrogens with zero attached hydrogens (tertiary/aromatic N) is 1. The quantitative estimate of drug-likeness (QED) is 0.440. The van der Waals surface area contributed by atoms with Gasteiger partial charge < -0.3 is 10.1 Å². The number of carbonyl (C=O) groups excluding carboxylic acids is 3. The number of benzene rings is 3. The SMILES string of the molecule is COc1ccc(N(C(=O)/C=C/C(=O)c2ccc(F)cc2)C(=O)NCc2ccccc2)cc1. The van der Waals surface area contributed by atoms with Crippen LogP contribution in [0.3, 0.4) is 0 Å². The molecule has 0 fully saturated rings. The summed E-state index contributed by atoms with van der Waals surface area (Å²) in [5, 5.41) is 2.71. The summed E-state index contributed by atoms with van der Waals surface area (Å²) in [4.78, 5) is 39.0. The minimum absolute atomic E-state index is 0.220. The molecule has 0 bridgehead atoms. The smallest absolute Gasteiger partial charge is 0.329 e. The minimum atomic E-state index is -0.712. The highest BCUT2D eigenvalue weighted by Gasteiger charge is 2.22. The Bertz CT molecular complexity index is 1110. The van der Waals surface area contributed by atoms with Gasteiger partial charge in [-0.15, -0.1) is 0 Å². The maximum Gasteiger partial charge on any atom is 0.329 e. The summed E-state index contributed by atoms with van der Waals surface area (Å²) >= 11 is 0. The standard InChI is InChI=1S/C25H21FN2O4/c1-32-22-13-11-21(12-14-22)28(25(31)27-17-18-5-3-2-4-6-18)24(30)16-15-23(29)19-7-9-20(26)10-8-19/h2-16H,17H2,1H3,(H,27,31)/b16-15+. The lowest BCUT2D eigenvalue weighted by Gasteiger charge is -2.20. The number of anilines is 1. The normalized spacial score (nSPS) is 10.6. The average molecular weight is 432 g/mol. The van der Waals surface area contributed by atoms with Crippen LogP contribution in [0.1, 0.15) is 15.9 Å². The molecule has 0 spiro atoms. The van der Waals surface area contributed by atoms with Gasteiger partial charge in [0.15, 0.2) is 5.78 Å². The summed E-state index contributed by atoms with van der Waals surface area (Å²) in [7, 11) is 1.51. The number of rotatable bonds is 7. The van der Waals surface area contributed by atoms with Gasteiger partial charge in [0.05, 0.1) is 12.8 Å². The lowest BCUT2D eigenvalue weighted by Crippen LogP contribution is -2.43. The Hall–Kier alpha value is -4.26. The highest BCUT2D eigenvalue weighted by atomic mass is 19.1. The van der Waals surface area contributed by atoms with E-state index in [2.05, 4.69) is 5.32 Å². The lowest BCUT2D eigenvalue weighted by molar-refractivity contribution is -0.113. The van der Waals surface area contributed by atoms with Gasteiger partial charge in [0.25, 0.3) is 5.91 Å². The lowest BCUT2D eigenvalue weighted by atomic mass is 10.1. The van der Waals surface area contributed by atoms with E-state index in [0.717, 1.165) is 34.7 Å². The largest absolute Gasteiger partial charge is 0.497 e. The molecular formula is C25H21FN2O4. The van der Waals surface area contributed by atoms with Crippen LogP contribution < -0.4 is 15.0 Å². The van der Waals surface area contributed by atoms with E-state index < -0.39 is 23.5 Å². The van der Waals surface area contributed by atoms with Crippen LogP contribution in [0.4, 0.5) is 14.9 Å². The van der Waals surface area contributed by atoms with Gasteiger partial charge in [0.2, 0.25) is 0 Å². The number of ketones is 1. The molecule has 0 aliphatic heterocycles. The van der Waals surface area contributed by atoms with E-state index in [-0.39, 0.29) is 12.1 Å². The zero-order chi connectivity index (χ0) is 22.9. The van der Waals surface area contributed by atoms with Gasteiger partial charge >= 0.3 is 6.03 Å². The molecule has 0 aliphatic rings. The van der Waals surface area contributed by atoms with Crippen molar-refractivity contribution in [3.8, 4) is 5.75 Å². The van der Waals surface area contributed by atoms with Crippen molar-refractivity contribution in [3.63, 3.8) is 0 Å². The van der Waals surface area contributed by atoms with Gasteiger partial charge in [-0.1, -0.05) is 30.3 Å². The maximum atomic E-state index is 13.1. The predicted molar refractivity (Wildman–Crippen MR) is 119 cm³/mol. The molecule has 3 aromatic carbocycles. The summed E-state index contributed by atoms with van der Waals surface area (Å²) in [6.07, 6.45) is 2.06. The van der Waals surface area contributed by atoms with Crippen molar-refractivity contribution in [2.75, 3.05) is 12.0 Å². The molecule has 162 valence electrons. The van der Waals surface area contributed by atoms with E-state index in [1.54, 1.807) is 24.3 Å². The van der Waals surface area contributed by atoms with E-state index in [4.69, 9.17) is 4.74 Å². The van der Waals surface area contributed by atoms with E-state index >= 15 is 0 Å². The molecule has 7 heteroatoms. The van der Waals surface area contributed by atoms with E-state index in [1.807, 2.05) is 30.3 Å². The van der Waals surface area contributed by atoms with Crippen LogP contribution in [0.25, 0.3) is 0 Å². The summed E-state index contributed by atoms with van der Waals surface area (Å²) in [5.74, 6) is -1.11. The molecule has 0 aliphatic carbocycles. The van der Waals surface area contributed by atoms with Crippen LogP contribution in [-0.4, -0.2) is 24.8 Å². The molecule has 6 nitrogen and oxygen atoms in total. The second-order valence-corrected chi connectivity index (χ2v) is 6.72. The molecule has 32 heavy (non-hydrogen) atoms. The van der Waals surface area contributed by atoms with Crippen molar-refractivity contribution in [1.29, 1.82) is 0 Å². The number of ether oxygens (including phenoxy) is 1. The van der Waals surface area contributed by atoms with E-state index in [9.17, 15) is 18.8 Å². The first-order valence-electron chi connectivity index (χ1n) is 9.76. The number of halogens is 1. The van der Waals surface area contributed by atoms with E-state index in [0.29, 0.717) is 11.4 Å². The first kappa shape index (κ1) is 22.4. The number of allylic oxidation sites excluding steroid dienone is 1. The molecule has 0 aromatic heterocycles. The first-order chi connectivity index (χ1) is 15.5. The topological polar surface area (TPSA) is 75.7 Å². The highest BCUT2D eigenvalue weighted by Crippen LogP contribution is 2.20. The Balaban J connectivity index is 1.79. The molecule has 0 saturated carbocycles. The van der Waals surface area contributed by atoms with Crippen molar-refractivity contribution in [2.45, 2.75) is 6.54 Å². The van der Waals surface area contributed by atoms with Gasteiger partial charge in [-0.2, -0.15) is 0 Å². The third kappa shape index (κ3) is 5.89. The molecular weight excluding hydrogens is 411 g/mol. The Morgan fingerprint density at radius 1 is 0.906 bits per heavy atom. The fourth-order valence-corrected chi connectivity index (χ4v) is 2.86. The summed E-state index contributed by atoms with van der Waals surface area (Å²) in [6, 6.07) is 19.9. The molecule has 0 atom stereocenters. The number of nitrogens with one attached hydrogen (secondary N) is 1. The molecule has 0 unspecified atom stereocenters. The third-order valence-corrected chi connectivity index (χ3v) is 4.55. The molecule has 3 aromatic rings. The molecule has 3 rings (SSSR count). The number of methoxy groups -OCH3 is 1. The molecule has 1 N–H and O–H groups in total. The summed E-state index contributed by atoms with van der Waals surface area (Å²) in [5.41, 5.74) is 1.39. The van der Waals surface area contributed by atoms with Crippen LogP contribution in [-0.2, 0) is 11.3 Å². The second kappa shape index (κ2) is 10.7. The van der Waals surface area contributed by atoms with Crippen LogP contribution in [0.5, 0.6) is 5.75 Å². The average Bonchev–Trinajstić information content (AvgIpc) is 2.83. The number of hydrogen-bond acceptors (Lipinski definition) is 4. The third-order valence-electron chi connectivity index (χ3n) is 4.55. The van der Waals surface area contributed by atoms with Crippen LogP contribution in [0.15, 0.2) is 91.0 Å². The van der Waals surface area contributed by atoms with Gasteiger partial charge in [0, 0.05) is 18.2 Å². The Morgan fingerprint density at radius 2 is 1.56 bits per heavy atom. The zero-order valence-corrected chi connectivity index (χ0v) is 17.3. The molecule has 0 radical (unpaired) electrons. The van der Waals surface area contributed by atoms with Crippen molar-refractivity contribution in [2.24, 2.45) is 0 Å². The molecule has 0 saturated heterocycles. The van der Waals surface area contributed by atoms with Gasteiger partial charge in [-0.3, -0.25) is 9.59 Å². The van der Waals surface area contributed by atoms with Gasteiger partial charge in [0.1, 0.15) is 11.6 Å². The summed E-state index contributed by atoms with van der Waals surface area (Å²) in [6.45, 7) is 0.220. The molecule has 0 heterocycles. The monoisotopic (exact) mass is 432 g/mol. The minimum Gasteiger partial charge on any atom is -0.497 e. The van der Waals surface area contributed by atoms with Crippen molar-refractivity contribution in [3.05, 3.63) is 108 Å². The van der Waals surface area contributed by atoms with E-state index in [1.165, 1.54) is 19.2 Å².